The van der Waals surface area contributed by atoms with Crippen LogP contribution in [0, 0.1) is 11.8 Å². The Morgan fingerprint density at radius 2 is 2.35 bits per heavy atom. The fourth-order valence-corrected chi connectivity index (χ4v) is 1.45. The number of hydrogen-bond donors (Lipinski definition) is 1. The summed E-state index contributed by atoms with van der Waals surface area (Å²) in [5.74, 6) is 5.83. The molecule has 0 radical (unpaired) electrons. The van der Waals surface area contributed by atoms with Gasteiger partial charge in [0.1, 0.15) is 11.3 Å². The van der Waals surface area contributed by atoms with Gasteiger partial charge in [0.15, 0.2) is 0 Å². The molecule has 1 aromatic rings. The predicted octanol–water partition coefficient (Wildman–Crippen LogP) is 2.41. The van der Waals surface area contributed by atoms with Crippen LogP contribution in [0.5, 0.6) is 0 Å². The Morgan fingerprint density at radius 1 is 1.59 bits per heavy atom. The molecule has 4 nitrogen and oxygen atoms in total. The third kappa shape index (κ3) is 6.59. The van der Waals surface area contributed by atoms with Gasteiger partial charge in [-0.05, 0) is 26.7 Å². The molecule has 0 atom stereocenters. The summed E-state index contributed by atoms with van der Waals surface area (Å²) in [6.07, 6.45) is 0.171. The number of thiazole rings is 1. The summed E-state index contributed by atoms with van der Waals surface area (Å²) in [5.41, 5.74) is 2.05. The van der Waals surface area contributed by atoms with E-state index in [1.807, 2.05) is 26.2 Å². The van der Waals surface area contributed by atoms with Crippen molar-refractivity contribution in [1.29, 1.82) is 0 Å². The summed E-state index contributed by atoms with van der Waals surface area (Å²) in [5, 5.41) is 4.52. The number of nitrogens with zero attached hydrogens (tertiary/aromatic N) is 1. The Bertz CT molecular complexity index is 410. The van der Waals surface area contributed by atoms with Crippen molar-refractivity contribution < 1.29 is 9.53 Å². The minimum Gasteiger partial charge on any atom is -0.444 e. The first kappa shape index (κ1) is 13.5. The predicted molar refractivity (Wildman–Crippen MR) is 67.8 cm³/mol. The lowest BCUT2D eigenvalue weighted by Gasteiger charge is -2.19. The molecule has 0 saturated carbocycles. The first-order chi connectivity index (χ1) is 7.97. The van der Waals surface area contributed by atoms with Crippen LogP contribution in [0.15, 0.2) is 10.9 Å². The Kier molecular flexibility index (Phi) is 4.98. The van der Waals surface area contributed by atoms with Crippen LogP contribution in [0.4, 0.5) is 4.79 Å². The lowest BCUT2D eigenvalue weighted by Crippen LogP contribution is -2.32. The minimum absolute atomic E-state index is 0.409. The molecule has 1 heterocycles. The molecule has 5 heteroatoms. The highest BCUT2D eigenvalue weighted by atomic mass is 32.1. The number of carbonyl (C=O) groups is 1. The number of amides is 1. The second-order valence-electron chi connectivity index (χ2n) is 4.35. The normalized spacial score (nSPS) is 10.3. The molecule has 1 N–H and O–H groups in total. The summed E-state index contributed by atoms with van der Waals surface area (Å²) in [7, 11) is 0. The average Bonchev–Trinajstić information content (AvgIpc) is 2.67. The first-order valence-electron chi connectivity index (χ1n) is 5.31. The van der Waals surface area contributed by atoms with Gasteiger partial charge in [-0.15, -0.1) is 11.3 Å². The van der Waals surface area contributed by atoms with E-state index >= 15 is 0 Å². The largest absolute Gasteiger partial charge is 0.444 e. The maximum atomic E-state index is 11.3. The molecule has 0 aromatic carbocycles. The van der Waals surface area contributed by atoms with Gasteiger partial charge in [-0.2, -0.15) is 0 Å². The molecule has 92 valence electrons. The fourth-order valence-electron chi connectivity index (χ4n) is 0.969. The summed E-state index contributed by atoms with van der Waals surface area (Å²) in [6, 6.07) is 0. The number of aromatic nitrogens is 1. The Balaban J connectivity index is 2.18. The van der Waals surface area contributed by atoms with Gasteiger partial charge < -0.3 is 10.1 Å². The SMILES string of the molecule is CC(C)(C)OC(=O)NCCC#Cc1cscn1. The lowest BCUT2D eigenvalue weighted by atomic mass is 10.2. The van der Waals surface area contributed by atoms with Gasteiger partial charge >= 0.3 is 6.09 Å². The van der Waals surface area contributed by atoms with E-state index < -0.39 is 11.7 Å². The number of rotatable bonds is 2. The zero-order valence-corrected chi connectivity index (χ0v) is 11.1. The molecular formula is C12H16N2O2S. The van der Waals surface area contributed by atoms with Crippen molar-refractivity contribution in [3.05, 3.63) is 16.6 Å². The molecule has 0 aliphatic carbocycles. The zero-order valence-electron chi connectivity index (χ0n) is 10.2. The van der Waals surface area contributed by atoms with E-state index in [2.05, 4.69) is 22.1 Å². The van der Waals surface area contributed by atoms with Crippen LogP contribution in [-0.2, 0) is 4.74 Å². The molecule has 0 saturated heterocycles. The second kappa shape index (κ2) is 6.26. The van der Waals surface area contributed by atoms with E-state index in [1.165, 1.54) is 11.3 Å². The zero-order chi connectivity index (χ0) is 12.7. The summed E-state index contributed by atoms with van der Waals surface area (Å²) >= 11 is 1.51. The number of hydrogen-bond acceptors (Lipinski definition) is 4. The monoisotopic (exact) mass is 252 g/mol. The smallest absolute Gasteiger partial charge is 0.407 e. The maximum absolute atomic E-state index is 11.3. The highest BCUT2D eigenvalue weighted by molar-refractivity contribution is 7.07. The molecule has 0 bridgehead atoms. The van der Waals surface area contributed by atoms with Crippen molar-refractivity contribution in [2.75, 3.05) is 6.54 Å². The van der Waals surface area contributed by atoms with Crippen molar-refractivity contribution in [1.82, 2.24) is 10.3 Å². The third-order valence-corrected chi connectivity index (χ3v) is 2.15. The standard InChI is InChI=1S/C12H16N2O2S/c1-12(2,3)16-11(15)13-7-5-4-6-10-8-17-9-14-10/h8-9H,5,7H2,1-3H3,(H,13,15). The van der Waals surface area contributed by atoms with Crippen molar-refractivity contribution in [3.8, 4) is 11.8 Å². The highest BCUT2D eigenvalue weighted by Crippen LogP contribution is 2.06. The van der Waals surface area contributed by atoms with E-state index in [-0.39, 0.29) is 0 Å². The third-order valence-electron chi connectivity index (χ3n) is 1.57. The van der Waals surface area contributed by atoms with Gasteiger partial charge in [0.25, 0.3) is 0 Å². The van der Waals surface area contributed by atoms with Crippen molar-refractivity contribution in [2.24, 2.45) is 0 Å². The average molecular weight is 252 g/mol. The Labute approximate surface area is 105 Å². The number of carbonyl (C=O) groups excluding carboxylic acids is 1. The molecular weight excluding hydrogens is 236 g/mol. The van der Waals surface area contributed by atoms with Crippen LogP contribution in [0.25, 0.3) is 0 Å². The highest BCUT2D eigenvalue weighted by Gasteiger charge is 2.15. The van der Waals surface area contributed by atoms with E-state index in [0.717, 1.165) is 5.69 Å². The van der Waals surface area contributed by atoms with Crippen LogP contribution < -0.4 is 5.32 Å². The van der Waals surface area contributed by atoms with Crippen molar-refractivity contribution >= 4 is 17.4 Å². The first-order valence-corrected chi connectivity index (χ1v) is 6.25. The van der Waals surface area contributed by atoms with E-state index in [9.17, 15) is 4.79 Å². The minimum atomic E-state index is -0.462. The van der Waals surface area contributed by atoms with E-state index in [0.29, 0.717) is 13.0 Å². The van der Waals surface area contributed by atoms with E-state index in [1.54, 1.807) is 5.51 Å². The molecule has 0 spiro atoms. The van der Waals surface area contributed by atoms with Gasteiger partial charge in [-0.25, -0.2) is 9.78 Å². The van der Waals surface area contributed by atoms with Gasteiger partial charge in [-0.1, -0.05) is 5.92 Å². The molecule has 1 rings (SSSR count). The topological polar surface area (TPSA) is 51.2 Å². The van der Waals surface area contributed by atoms with Crippen LogP contribution in [0.2, 0.25) is 0 Å². The van der Waals surface area contributed by atoms with Crippen LogP contribution in [-0.4, -0.2) is 23.2 Å². The van der Waals surface area contributed by atoms with Gasteiger partial charge in [-0.3, -0.25) is 0 Å². The number of alkyl carbamates (subject to hydrolysis) is 1. The van der Waals surface area contributed by atoms with Crippen LogP contribution in [0.1, 0.15) is 32.9 Å². The van der Waals surface area contributed by atoms with Gasteiger partial charge in [0, 0.05) is 18.3 Å². The van der Waals surface area contributed by atoms with Crippen LogP contribution in [0.3, 0.4) is 0 Å². The van der Waals surface area contributed by atoms with Crippen molar-refractivity contribution in [2.45, 2.75) is 32.8 Å². The molecule has 0 aliphatic heterocycles. The molecule has 0 unspecified atom stereocenters. The molecule has 1 aromatic heterocycles. The number of ether oxygens (including phenoxy) is 1. The summed E-state index contributed by atoms with van der Waals surface area (Å²) in [4.78, 5) is 15.3. The van der Waals surface area contributed by atoms with Gasteiger partial charge in [0.05, 0.1) is 5.51 Å². The Hall–Kier alpha value is -1.54. The van der Waals surface area contributed by atoms with Crippen molar-refractivity contribution in [3.63, 3.8) is 0 Å². The second-order valence-corrected chi connectivity index (χ2v) is 5.07. The van der Waals surface area contributed by atoms with E-state index in [4.69, 9.17) is 4.74 Å². The quantitative estimate of drug-likeness (QED) is 0.649. The van der Waals surface area contributed by atoms with Gasteiger partial charge in [0.2, 0.25) is 0 Å². The summed E-state index contributed by atoms with van der Waals surface area (Å²) < 4.78 is 5.08. The number of nitrogens with one attached hydrogen (secondary N) is 1. The fraction of sp³-hybridized carbons (Fsp3) is 0.500. The molecule has 0 aliphatic rings. The molecule has 0 fully saturated rings. The lowest BCUT2D eigenvalue weighted by molar-refractivity contribution is 0.0529. The molecule has 17 heavy (non-hydrogen) atoms. The van der Waals surface area contributed by atoms with Crippen LogP contribution >= 0.6 is 11.3 Å². The molecule has 1 amide bonds. The Morgan fingerprint density at radius 3 is 2.94 bits per heavy atom. The maximum Gasteiger partial charge on any atom is 0.407 e. The summed E-state index contributed by atoms with van der Waals surface area (Å²) in [6.45, 7) is 5.96.